The summed E-state index contributed by atoms with van der Waals surface area (Å²) in [5.41, 5.74) is -0.311. The van der Waals surface area contributed by atoms with Gasteiger partial charge in [-0.2, -0.15) is 13.2 Å². The smallest absolute Gasteiger partial charge is 0.416 e. The van der Waals surface area contributed by atoms with Crippen LogP contribution in [0.25, 0.3) is 0 Å². The van der Waals surface area contributed by atoms with Crippen molar-refractivity contribution in [1.82, 2.24) is 5.32 Å². The zero-order chi connectivity index (χ0) is 17.3. The van der Waals surface area contributed by atoms with E-state index in [0.717, 1.165) is 6.07 Å². The quantitative estimate of drug-likeness (QED) is 0.842. The number of hydrogen-bond acceptors (Lipinski definition) is 2. The number of alkyl halides is 3. The van der Waals surface area contributed by atoms with Crippen LogP contribution in [-0.2, 0) is 10.9 Å². The Bertz CT molecular complexity index is 560. The van der Waals surface area contributed by atoms with Crippen molar-refractivity contribution in [2.75, 3.05) is 0 Å². The van der Waals surface area contributed by atoms with Crippen LogP contribution in [0.1, 0.15) is 56.0 Å². The van der Waals surface area contributed by atoms with Crippen LogP contribution in [0.5, 0.6) is 0 Å². The molecule has 0 aliphatic heterocycles. The molecule has 0 radical (unpaired) electrons. The van der Waals surface area contributed by atoms with E-state index in [1.165, 1.54) is 6.92 Å². The molecule has 0 saturated heterocycles. The Morgan fingerprint density at radius 2 is 1.73 bits per heavy atom. The van der Waals surface area contributed by atoms with Crippen molar-refractivity contribution in [3.63, 3.8) is 0 Å². The second-order valence-electron chi connectivity index (χ2n) is 6.39. The van der Waals surface area contributed by atoms with Gasteiger partial charge in [-0.15, -0.1) is 0 Å². The number of carbonyl (C=O) groups is 1. The van der Waals surface area contributed by atoms with E-state index in [4.69, 9.17) is 4.74 Å². The number of amides is 1. The van der Waals surface area contributed by atoms with E-state index in [9.17, 15) is 18.0 Å². The van der Waals surface area contributed by atoms with Gasteiger partial charge in [-0.3, -0.25) is 0 Å². The monoisotopic (exact) mass is 317 g/mol. The van der Waals surface area contributed by atoms with Gasteiger partial charge in [0.15, 0.2) is 0 Å². The molecule has 0 fully saturated rings. The van der Waals surface area contributed by atoms with Gasteiger partial charge in [0.05, 0.1) is 11.6 Å². The highest BCUT2D eigenvalue weighted by atomic mass is 19.4. The van der Waals surface area contributed by atoms with Gasteiger partial charge in [0.25, 0.3) is 0 Å². The second kappa shape index (κ2) is 6.18. The van der Waals surface area contributed by atoms with E-state index in [-0.39, 0.29) is 5.56 Å². The van der Waals surface area contributed by atoms with Crippen LogP contribution in [0.2, 0.25) is 0 Å². The molecule has 0 aromatic heterocycles. The summed E-state index contributed by atoms with van der Waals surface area (Å²) in [6.45, 7) is 9.79. The highest BCUT2D eigenvalue weighted by Crippen LogP contribution is 2.35. The fourth-order valence-corrected chi connectivity index (χ4v) is 2.19. The molecule has 0 aliphatic rings. The molecule has 1 amide bonds. The first-order valence-corrected chi connectivity index (χ1v) is 6.99. The third kappa shape index (κ3) is 4.93. The Balaban J connectivity index is 3.06. The fourth-order valence-electron chi connectivity index (χ4n) is 2.19. The standard InChI is InChI=1S/C16H22F3NO2/c1-9-7-12(10(2)13(8-9)16(17,18)19)11(3)20-14(21)22-15(4,5)6/h7-8,11H,1-6H3,(H,20,21). The molecule has 1 rings (SSSR count). The lowest BCUT2D eigenvalue weighted by Gasteiger charge is -2.24. The van der Waals surface area contributed by atoms with Crippen LogP contribution in [0, 0.1) is 13.8 Å². The highest BCUT2D eigenvalue weighted by molar-refractivity contribution is 5.68. The predicted molar refractivity (Wildman–Crippen MR) is 78.7 cm³/mol. The van der Waals surface area contributed by atoms with Crippen molar-refractivity contribution in [2.45, 2.75) is 59.4 Å². The van der Waals surface area contributed by atoms with Crippen molar-refractivity contribution in [3.05, 3.63) is 34.4 Å². The summed E-state index contributed by atoms with van der Waals surface area (Å²) in [6.07, 6.45) is -5.08. The molecule has 22 heavy (non-hydrogen) atoms. The molecule has 0 bridgehead atoms. The maximum atomic E-state index is 13.0. The maximum absolute atomic E-state index is 13.0. The van der Waals surface area contributed by atoms with Crippen molar-refractivity contribution < 1.29 is 22.7 Å². The van der Waals surface area contributed by atoms with Crippen LogP contribution in [0.4, 0.5) is 18.0 Å². The minimum Gasteiger partial charge on any atom is -0.444 e. The summed E-state index contributed by atoms with van der Waals surface area (Å²) in [4.78, 5) is 11.8. The van der Waals surface area contributed by atoms with Gasteiger partial charge in [0.1, 0.15) is 5.60 Å². The van der Waals surface area contributed by atoms with Gasteiger partial charge in [-0.25, -0.2) is 4.79 Å². The average Bonchev–Trinajstić information content (AvgIpc) is 2.27. The number of ether oxygens (including phenoxy) is 1. The number of alkyl carbamates (subject to hydrolysis) is 1. The summed E-state index contributed by atoms with van der Waals surface area (Å²) in [7, 11) is 0. The van der Waals surface area contributed by atoms with Gasteiger partial charge in [0, 0.05) is 0 Å². The first kappa shape index (κ1) is 18.3. The SMILES string of the molecule is Cc1cc(C(C)NC(=O)OC(C)(C)C)c(C)c(C(F)(F)F)c1. The largest absolute Gasteiger partial charge is 0.444 e. The molecule has 1 unspecified atom stereocenters. The zero-order valence-corrected chi connectivity index (χ0v) is 13.7. The van der Waals surface area contributed by atoms with E-state index in [2.05, 4.69) is 5.32 Å². The number of carbonyl (C=O) groups excluding carboxylic acids is 1. The normalized spacial score (nSPS) is 13.7. The molecule has 1 aromatic rings. The second-order valence-corrected chi connectivity index (χ2v) is 6.39. The molecule has 0 spiro atoms. The van der Waals surface area contributed by atoms with Gasteiger partial charge >= 0.3 is 12.3 Å². The number of rotatable bonds is 2. The summed E-state index contributed by atoms with van der Waals surface area (Å²) in [6, 6.07) is 2.17. The lowest BCUT2D eigenvalue weighted by Crippen LogP contribution is -2.34. The summed E-state index contributed by atoms with van der Waals surface area (Å²) >= 11 is 0. The molecular weight excluding hydrogens is 295 g/mol. The molecule has 3 nitrogen and oxygen atoms in total. The Labute approximate surface area is 128 Å². The molecule has 124 valence electrons. The lowest BCUT2D eigenvalue weighted by molar-refractivity contribution is -0.138. The number of nitrogens with one attached hydrogen (secondary N) is 1. The first-order chi connectivity index (χ1) is 9.81. The van der Waals surface area contributed by atoms with E-state index in [0.29, 0.717) is 11.1 Å². The van der Waals surface area contributed by atoms with E-state index in [1.807, 2.05) is 0 Å². The van der Waals surface area contributed by atoms with Crippen LogP contribution in [-0.4, -0.2) is 11.7 Å². The summed E-state index contributed by atoms with van der Waals surface area (Å²) in [5, 5.41) is 2.57. The number of hydrogen-bond donors (Lipinski definition) is 1. The van der Waals surface area contributed by atoms with Crippen LogP contribution in [0.15, 0.2) is 12.1 Å². The van der Waals surface area contributed by atoms with E-state index in [1.54, 1.807) is 40.7 Å². The van der Waals surface area contributed by atoms with Crippen molar-refractivity contribution in [3.8, 4) is 0 Å². The molecule has 0 saturated carbocycles. The Morgan fingerprint density at radius 3 is 2.18 bits per heavy atom. The van der Waals surface area contributed by atoms with Gasteiger partial charge in [-0.1, -0.05) is 11.6 Å². The zero-order valence-electron chi connectivity index (χ0n) is 13.7. The van der Waals surface area contributed by atoms with E-state index >= 15 is 0 Å². The maximum Gasteiger partial charge on any atom is 0.416 e. The van der Waals surface area contributed by atoms with Crippen molar-refractivity contribution in [1.29, 1.82) is 0 Å². The van der Waals surface area contributed by atoms with Gasteiger partial charge in [0.2, 0.25) is 0 Å². The van der Waals surface area contributed by atoms with Gasteiger partial charge < -0.3 is 10.1 Å². The summed E-state index contributed by atoms with van der Waals surface area (Å²) < 4.78 is 44.3. The third-order valence-electron chi connectivity index (χ3n) is 3.10. The van der Waals surface area contributed by atoms with Crippen molar-refractivity contribution in [2.24, 2.45) is 0 Å². The molecule has 6 heteroatoms. The van der Waals surface area contributed by atoms with Gasteiger partial charge in [-0.05, 0) is 58.7 Å². The Hall–Kier alpha value is -1.72. The minimum absolute atomic E-state index is 0.113. The van der Waals surface area contributed by atoms with E-state index < -0.39 is 29.5 Å². The molecule has 1 aromatic carbocycles. The first-order valence-electron chi connectivity index (χ1n) is 6.99. The molecule has 1 N–H and O–H groups in total. The molecule has 0 aliphatic carbocycles. The van der Waals surface area contributed by atoms with Crippen molar-refractivity contribution >= 4 is 6.09 Å². The third-order valence-corrected chi connectivity index (χ3v) is 3.10. The molecular formula is C16H22F3NO2. The number of halogens is 3. The molecule has 1 atom stereocenters. The topological polar surface area (TPSA) is 38.3 Å². The van der Waals surface area contributed by atoms with Crippen LogP contribution < -0.4 is 5.32 Å². The number of benzene rings is 1. The molecule has 0 heterocycles. The van der Waals surface area contributed by atoms with Crippen LogP contribution >= 0.6 is 0 Å². The fraction of sp³-hybridized carbons (Fsp3) is 0.562. The average molecular weight is 317 g/mol. The predicted octanol–water partition coefficient (Wildman–Crippen LogP) is 4.91. The highest BCUT2D eigenvalue weighted by Gasteiger charge is 2.34. The number of aryl methyl sites for hydroxylation is 1. The van der Waals surface area contributed by atoms with Crippen LogP contribution in [0.3, 0.4) is 0 Å². The Kier molecular flexibility index (Phi) is 5.15. The Morgan fingerprint density at radius 1 is 1.18 bits per heavy atom. The summed E-state index contributed by atoms with van der Waals surface area (Å²) in [5.74, 6) is 0. The lowest BCUT2D eigenvalue weighted by atomic mass is 9.94. The minimum atomic E-state index is -4.42.